The van der Waals surface area contributed by atoms with E-state index in [1.54, 1.807) is 41.3 Å². The van der Waals surface area contributed by atoms with E-state index in [9.17, 15) is 29.4 Å². The molecule has 2 bridgehead atoms. The van der Waals surface area contributed by atoms with Crippen LogP contribution in [0.25, 0.3) is 10.9 Å². The van der Waals surface area contributed by atoms with Gasteiger partial charge in [0, 0.05) is 42.8 Å². The lowest BCUT2D eigenvalue weighted by Gasteiger charge is -2.43. The Morgan fingerprint density at radius 1 is 0.853 bits per heavy atom. The van der Waals surface area contributed by atoms with Crippen molar-refractivity contribution in [3.8, 4) is 11.5 Å². The third-order valence-corrected chi connectivity index (χ3v) is 12.6. The zero-order valence-corrected chi connectivity index (χ0v) is 38.2. The summed E-state index contributed by atoms with van der Waals surface area (Å²) in [6.07, 6.45) is 0.677. The first-order valence-electron chi connectivity index (χ1n) is 23.1. The maximum absolute atomic E-state index is 13.3. The summed E-state index contributed by atoms with van der Waals surface area (Å²) in [4.78, 5) is 57.9. The highest BCUT2D eigenvalue weighted by atomic mass is 16.6. The summed E-state index contributed by atoms with van der Waals surface area (Å²) >= 11 is 0. The van der Waals surface area contributed by atoms with Crippen LogP contribution in [0, 0.1) is 5.92 Å². The third kappa shape index (κ3) is 12.0. The van der Waals surface area contributed by atoms with Gasteiger partial charge >= 0.3 is 18.1 Å². The second-order valence-corrected chi connectivity index (χ2v) is 17.6. The fourth-order valence-electron chi connectivity index (χ4n) is 8.85. The van der Waals surface area contributed by atoms with Crippen LogP contribution in [0.1, 0.15) is 77.0 Å². The lowest BCUT2D eigenvalue weighted by molar-refractivity contribution is -0.0336. The van der Waals surface area contributed by atoms with Crippen molar-refractivity contribution in [3.05, 3.63) is 171 Å². The molecule has 0 spiro atoms. The number of piperidine rings is 3. The number of amides is 3. The van der Waals surface area contributed by atoms with Gasteiger partial charge in [-0.2, -0.15) is 0 Å². The molecule has 0 radical (unpaired) electrons. The van der Waals surface area contributed by atoms with Gasteiger partial charge in [0.2, 0.25) is 5.56 Å². The van der Waals surface area contributed by atoms with Crippen molar-refractivity contribution in [3.63, 3.8) is 0 Å². The molecule has 3 saturated heterocycles. The number of aliphatic hydroxyl groups is 1. The Bertz CT molecular complexity index is 2720. The van der Waals surface area contributed by atoms with Gasteiger partial charge in [-0.15, -0.1) is 0 Å². The molecule has 15 nitrogen and oxygen atoms in total. The number of anilines is 1. The predicted octanol–water partition coefficient (Wildman–Crippen LogP) is 7.65. The number of aliphatic hydroxyl groups excluding tert-OH is 1. The number of aromatic amines is 1. The van der Waals surface area contributed by atoms with Crippen molar-refractivity contribution < 1.29 is 38.8 Å². The zero-order valence-electron chi connectivity index (χ0n) is 38.2. The predicted molar refractivity (Wildman–Crippen MR) is 259 cm³/mol. The average Bonchev–Trinajstić information content (AvgIpc) is 3.35. The topological polar surface area (TPSA) is 195 Å². The van der Waals surface area contributed by atoms with E-state index in [0.717, 1.165) is 54.7 Å². The SMILES string of the molecule is CC(C)N(CCOC(=O)c1ccc(COc2cccc([C@@H](NC(=O)O[C@H]3CN4CCC3CC4)c3ccccc3)c2)cc1)C(=O)Nc1ccc(CNC[C@H](O)c2ccc(O)c3[nH]c(=O)ccc23)cc1. The second kappa shape index (κ2) is 22.1. The number of rotatable bonds is 18. The number of alkyl carbamates (subject to hydrolysis) is 1. The summed E-state index contributed by atoms with van der Waals surface area (Å²) in [6.45, 7) is 7.78. The maximum atomic E-state index is 13.3. The first kappa shape index (κ1) is 47.3. The number of urea groups is 1. The van der Waals surface area contributed by atoms with Gasteiger partial charge in [-0.25, -0.2) is 14.4 Å². The largest absolute Gasteiger partial charge is 0.506 e. The number of esters is 1. The number of pyridine rings is 1. The number of hydrogen-bond acceptors (Lipinski definition) is 11. The number of aromatic nitrogens is 1. The molecule has 4 heterocycles. The zero-order chi connectivity index (χ0) is 47.6. The van der Waals surface area contributed by atoms with Crippen molar-refractivity contribution in [1.82, 2.24) is 25.4 Å². The van der Waals surface area contributed by atoms with Crippen molar-refractivity contribution in [1.29, 1.82) is 0 Å². The van der Waals surface area contributed by atoms with Crippen molar-refractivity contribution in [2.24, 2.45) is 5.92 Å². The molecule has 0 unspecified atom stereocenters. The average molecular weight is 923 g/mol. The van der Waals surface area contributed by atoms with Gasteiger partial charge in [-0.1, -0.05) is 72.8 Å². The molecule has 0 saturated carbocycles. The summed E-state index contributed by atoms with van der Waals surface area (Å²) in [6, 6.07) is 36.8. The van der Waals surface area contributed by atoms with Crippen molar-refractivity contribution >= 4 is 34.7 Å². The standard InChI is InChI=1S/C53H58N6O9/c1-34(2)59(52(64)55-41-17-13-35(14-18-41)30-54-31-46(61)43-19-21-45(60)50-44(43)20-22-48(62)56-50)27-28-66-51(63)39-15-11-36(12-16-39)33-67-42-10-6-9-40(29-42)49(38-7-4-3-5-8-38)57-53(65)68-47-32-58-25-23-37(47)24-26-58/h3-22,29,34,37,46-47,49,54,60-61H,23-28,30-33H2,1-2H3,(H,55,64)(H,56,62)(H,57,65)/t46-,47-,49-/m0/s1. The number of hydrogen-bond donors (Lipinski definition) is 6. The molecule has 0 aliphatic carbocycles. The van der Waals surface area contributed by atoms with Gasteiger partial charge in [0.1, 0.15) is 30.8 Å². The van der Waals surface area contributed by atoms with Crippen LogP contribution in [0.2, 0.25) is 0 Å². The van der Waals surface area contributed by atoms with Crippen LogP contribution in [-0.2, 0) is 22.6 Å². The first-order chi connectivity index (χ1) is 33.0. The molecule has 3 atom stereocenters. The smallest absolute Gasteiger partial charge is 0.408 e. The van der Waals surface area contributed by atoms with E-state index in [0.29, 0.717) is 40.4 Å². The minimum Gasteiger partial charge on any atom is -0.506 e. The number of phenolic OH excluding ortho intramolecular Hbond substituents is 1. The highest BCUT2D eigenvalue weighted by Crippen LogP contribution is 2.32. The number of phenols is 1. The van der Waals surface area contributed by atoms with Crippen LogP contribution >= 0.6 is 0 Å². The number of carbonyl (C=O) groups is 3. The molecule has 9 rings (SSSR count). The molecule has 6 N–H and O–H groups in total. The molecule has 68 heavy (non-hydrogen) atoms. The van der Waals surface area contributed by atoms with Crippen LogP contribution < -0.4 is 26.2 Å². The highest BCUT2D eigenvalue weighted by Gasteiger charge is 2.37. The Hall–Kier alpha value is -7.20. The van der Waals surface area contributed by atoms with Gasteiger partial charge in [-0.05, 0) is 122 Å². The molecule has 6 aromatic rings. The van der Waals surface area contributed by atoms with Gasteiger partial charge in [0.25, 0.3) is 0 Å². The van der Waals surface area contributed by atoms with E-state index >= 15 is 0 Å². The van der Waals surface area contributed by atoms with E-state index in [1.165, 1.54) is 12.1 Å². The van der Waals surface area contributed by atoms with Crippen LogP contribution in [0.15, 0.2) is 132 Å². The minimum atomic E-state index is -0.893. The highest BCUT2D eigenvalue weighted by molar-refractivity contribution is 5.90. The molecule has 354 valence electrons. The minimum absolute atomic E-state index is 0.00374. The Morgan fingerprint density at radius 2 is 1.59 bits per heavy atom. The van der Waals surface area contributed by atoms with E-state index in [1.807, 2.05) is 92.7 Å². The number of fused-ring (bicyclic) bond motifs is 4. The van der Waals surface area contributed by atoms with Crippen molar-refractivity contribution in [2.45, 2.75) is 64.1 Å². The second-order valence-electron chi connectivity index (χ2n) is 17.6. The van der Waals surface area contributed by atoms with Gasteiger partial charge in [0.05, 0.1) is 29.8 Å². The number of aromatic hydroxyl groups is 1. The molecular formula is C53H58N6O9. The number of benzene rings is 5. The maximum Gasteiger partial charge on any atom is 0.408 e. The lowest BCUT2D eigenvalue weighted by atomic mass is 9.86. The van der Waals surface area contributed by atoms with Gasteiger partial charge in [-0.3, -0.25) is 9.69 Å². The van der Waals surface area contributed by atoms with Crippen molar-refractivity contribution in [2.75, 3.05) is 44.6 Å². The molecule has 15 heteroatoms. The van der Waals surface area contributed by atoms with Crippen LogP contribution in [-0.4, -0.2) is 94.6 Å². The summed E-state index contributed by atoms with van der Waals surface area (Å²) in [5.74, 6) is 0.450. The first-order valence-corrected chi connectivity index (χ1v) is 23.1. The third-order valence-electron chi connectivity index (χ3n) is 12.6. The monoisotopic (exact) mass is 922 g/mol. The fraction of sp³-hybridized carbons (Fsp3) is 0.321. The van der Waals surface area contributed by atoms with Gasteiger partial charge < -0.3 is 50.3 Å². The normalized spacial score (nSPS) is 17.3. The quantitative estimate of drug-likeness (QED) is 0.0464. The van der Waals surface area contributed by atoms with E-state index in [4.69, 9.17) is 14.2 Å². The fourth-order valence-corrected chi connectivity index (χ4v) is 8.85. The Kier molecular flexibility index (Phi) is 15.3. The molecule has 3 fully saturated rings. The number of H-pyrrole nitrogens is 1. The summed E-state index contributed by atoms with van der Waals surface area (Å²) in [5.41, 5.74) is 5.00. The summed E-state index contributed by atoms with van der Waals surface area (Å²) < 4.78 is 17.7. The lowest BCUT2D eigenvalue weighted by Crippen LogP contribution is -2.52. The summed E-state index contributed by atoms with van der Waals surface area (Å²) in [7, 11) is 0. The molecule has 3 amide bonds. The molecule has 1 aromatic heterocycles. The van der Waals surface area contributed by atoms with E-state index < -0.39 is 24.2 Å². The van der Waals surface area contributed by atoms with E-state index in [-0.39, 0.29) is 61.3 Å². The molecule has 3 aliphatic rings. The van der Waals surface area contributed by atoms with Crippen LogP contribution in [0.3, 0.4) is 0 Å². The molecule has 3 aliphatic heterocycles. The van der Waals surface area contributed by atoms with Crippen LogP contribution in [0.4, 0.5) is 15.3 Å². The van der Waals surface area contributed by atoms with Gasteiger partial charge in [0.15, 0.2) is 0 Å². The number of carbonyl (C=O) groups excluding carboxylic acids is 3. The Morgan fingerprint density at radius 3 is 2.31 bits per heavy atom. The Labute approximate surface area is 395 Å². The number of nitrogens with zero attached hydrogens (tertiary/aromatic N) is 2. The Balaban J connectivity index is 0.777. The molecular weight excluding hydrogens is 865 g/mol. The number of nitrogens with one attached hydrogen (secondary N) is 4. The van der Waals surface area contributed by atoms with E-state index in [2.05, 4.69) is 25.8 Å². The number of ether oxygens (including phenoxy) is 3. The summed E-state index contributed by atoms with van der Waals surface area (Å²) in [5, 5.41) is 30.8. The molecule has 5 aromatic carbocycles. The van der Waals surface area contributed by atoms with Crippen LogP contribution in [0.5, 0.6) is 11.5 Å².